The predicted octanol–water partition coefficient (Wildman–Crippen LogP) is 4.51. The normalized spacial score (nSPS) is 14.4. The third-order valence-electron chi connectivity index (χ3n) is 6.52. The highest BCUT2D eigenvalue weighted by Crippen LogP contribution is 2.32. The molecular weight excluding hydrogens is 588 g/mol. The second kappa shape index (κ2) is 9.67. The molecule has 1 aliphatic rings. The first kappa shape index (κ1) is 25.6. The molecule has 4 aromatic heterocycles. The minimum atomic E-state index is -0.798. The van der Waals surface area contributed by atoms with Gasteiger partial charge in [0.05, 0.1) is 41.9 Å². The fourth-order valence-corrected chi connectivity index (χ4v) is 5.87. The van der Waals surface area contributed by atoms with Crippen LogP contribution in [0.1, 0.15) is 36.8 Å². The van der Waals surface area contributed by atoms with Crippen molar-refractivity contribution < 1.29 is 13.9 Å². The van der Waals surface area contributed by atoms with Crippen LogP contribution >= 0.6 is 22.6 Å². The molecule has 0 N–H and O–H groups in total. The molecule has 5 rings (SSSR count). The fraction of sp³-hybridized carbons (Fsp3) is 0.385. The van der Waals surface area contributed by atoms with E-state index in [2.05, 4.69) is 42.6 Å². The van der Waals surface area contributed by atoms with E-state index >= 15 is 4.39 Å². The van der Waals surface area contributed by atoms with Crippen molar-refractivity contribution in [1.82, 2.24) is 24.1 Å². The lowest BCUT2D eigenvalue weighted by Crippen LogP contribution is -2.36. The fourth-order valence-electron chi connectivity index (χ4n) is 4.52. The number of imidazole rings is 1. The van der Waals surface area contributed by atoms with Gasteiger partial charge in [0.15, 0.2) is 5.65 Å². The Morgan fingerprint density at radius 1 is 1.22 bits per heavy atom. The number of hydrogen-bond acceptors (Lipinski definition) is 6. The molecule has 0 aliphatic carbocycles. The van der Waals surface area contributed by atoms with Gasteiger partial charge < -0.3 is 18.9 Å². The highest BCUT2D eigenvalue weighted by Gasteiger charge is 2.27. The van der Waals surface area contributed by atoms with Crippen molar-refractivity contribution in [1.29, 1.82) is 0 Å². The summed E-state index contributed by atoms with van der Waals surface area (Å²) in [5.41, 5.74) is 4.06. The molecule has 0 spiro atoms. The Morgan fingerprint density at radius 2 is 1.95 bits per heavy atom. The molecule has 1 saturated heterocycles. The predicted molar refractivity (Wildman–Crippen MR) is 149 cm³/mol. The van der Waals surface area contributed by atoms with Crippen LogP contribution in [0.5, 0.6) is 0 Å². The Morgan fingerprint density at radius 3 is 2.62 bits per heavy atom. The minimum absolute atomic E-state index is 0.0962. The molecule has 0 atom stereocenters. The molecule has 0 saturated carbocycles. The lowest BCUT2D eigenvalue weighted by Gasteiger charge is -2.29. The molecule has 9 nitrogen and oxygen atoms in total. The van der Waals surface area contributed by atoms with Gasteiger partial charge in [-0.15, -0.1) is 0 Å². The molecule has 0 bridgehead atoms. The van der Waals surface area contributed by atoms with Gasteiger partial charge in [-0.3, -0.25) is 9.48 Å². The molecule has 0 radical (unpaired) electrons. The van der Waals surface area contributed by atoms with Gasteiger partial charge in [0.2, 0.25) is 5.95 Å². The van der Waals surface area contributed by atoms with E-state index in [1.807, 2.05) is 48.3 Å². The van der Waals surface area contributed by atoms with Crippen LogP contribution in [-0.4, -0.2) is 63.4 Å². The zero-order valence-electron chi connectivity index (χ0n) is 21.5. The number of aryl methyl sites for hydroxylation is 1. The molecule has 1 aliphatic heterocycles. The zero-order chi connectivity index (χ0) is 26.5. The second-order valence-electron chi connectivity index (χ2n) is 10.1. The maximum Gasteiger partial charge on any atom is 0.262 e. The number of rotatable bonds is 4. The van der Waals surface area contributed by atoms with E-state index in [1.165, 1.54) is 4.90 Å². The number of amides is 1. The van der Waals surface area contributed by atoms with Crippen molar-refractivity contribution in [2.75, 3.05) is 43.2 Å². The summed E-state index contributed by atoms with van der Waals surface area (Å²) in [6, 6.07) is 3.63. The number of fused-ring (bicyclic) bond motifs is 1. The van der Waals surface area contributed by atoms with Crippen LogP contribution in [0.15, 0.2) is 36.9 Å². The summed E-state index contributed by atoms with van der Waals surface area (Å²) in [6.07, 6.45) is 7.20. The number of carbonyl (C=O) groups is 1. The van der Waals surface area contributed by atoms with Crippen LogP contribution in [0.2, 0.25) is 0 Å². The van der Waals surface area contributed by atoms with Gasteiger partial charge in [-0.05, 0) is 62.4 Å². The van der Waals surface area contributed by atoms with Crippen molar-refractivity contribution in [2.45, 2.75) is 33.2 Å². The average Bonchev–Trinajstić information content (AvgIpc) is 3.49. The average molecular weight is 617 g/mol. The van der Waals surface area contributed by atoms with E-state index in [4.69, 9.17) is 4.74 Å². The van der Waals surface area contributed by atoms with E-state index in [0.29, 0.717) is 30.2 Å². The zero-order valence-corrected chi connectivity index (χ0v) is 23.7. The van der Waals surface area contributed by atoms with E-state index < -0.39 is 11.9 Å². The summed E-state index contributed by atoms with van der Waals surface area (Å²) in [4.78, 5) is 25.8. The van der Waals surface area contributed by atoms with Crippen molar-refractivity contribution in [3.05, 3.63) is 57.8 Å². The number of halogens is 2. The van der Waals surface area contributed by atoms with Gasteiger partial charge in [-0.1, -0.05) is 0 Å². The van der Waals surface area contributed by atoms with Gasteiger partial charge in [0.25, 0.3) is 5.91 Å². The summed E-state index contributed by atoms with van der Waals surface area (Å²) in [6.45, 7) is 10.6. The number of ether oxygens (including phenoxy) is 1. The van der Waals surface area contributed by atoms with Crippen molar-refractivity contribution in [3.63, 3.8) is 0 Å². The largest absolute Gasteiger partial charge is 0.378 e. The van der Waals surface area contributed by atoms with E-state index in [0.717, 1.165) is 33.7 Å². The monoisotopic (exact) mass is 617 g/mol. The highest BCUT2D eigenvalue weighted by atomic mass is 127. The molecule has 1 amide bonds. The van der Waals surface area contributed by atoms with E-state index in [9.17, 15) is 4.79 Å². The van der Waals surface area contributed by atoms with Crippen LogP contribution < -0.4 is 9.80 Å². The number of carbonyl (C=O) groups excluding carboxylic acids is 1. The molecule has 1 fully saturated rings. The van der Waals surface area contributed by atoms with Crippen LogP contribution in [0.3, 0.4) is 0 Å². The number of anilines is 2. The molecule has 11 heteroatoms. The lowest BCUT2D eigenvalue weighted by molar-refractivity contribution is 0.0988. The molecule has 37 heavy (non-hydrogen) atoms. The highest BCUT2D eigenvalue weighted by molar-refractivity contribution is 14.1. The van der Waals surface area contributed by atoms with Crippen molar-refractivity contribution in [3.8, 4) is 11.1 Å². The van der Waals surface area contributed by atoms with Gasteiger partial charge >= 0.3 is 0 Å². The molecule has 4 aromatic rings. The van der Waals surface area contributed by atoms with Crippen LogP contribution in [-0.2, 0) is 10.3 Å². The Balaban J connectivity index is 1.56. The van der Waals surface area contributed by atoms with Crippen LogP contribution in [0.25, 0.3) is 16.8 Å². The summed E-state index contributed by atoms with van der Waals surface area (Å²) in [7, 11) is 1.63. The van der Waals surface area contributed by atoms with Crippen LogP contribution in [0, 0.1) is 16.6 Å². The number of aromatic nitrogens is 5. The third-order valence-corrected chi connectivity index (χ3v) is 7.53. The van der Waals surface area contributed by atoms with Crippen molar-refractivity contribution in [2.24, 2.45) is 0 Å². The first-order valence-electron chi connectivity index (χ1n) is 12.0. The smallest absolute Gasteiger partial charge is 0.262 e. The molecule has 194 valence electrons. The van der Waals surface area contributed by atoms with Gasteiger partial charge in [-0.2, -0.15) is 9.49 Å². The standard InChI is InChI=1S/C26H29FIN7O2/c1-16-18(17-12-20(33-8-10-37-11-9-33)24-29-6-7-34(24)15-17)13-19(22(27)31-16)25(36)32(5)21-14-30-35(23(21)28)26(2,3)4/h6-7,12-15H,8-11H2,1-5H3. The molecule has 0 unspecified atom stereocenters. The molecular formula is C26H29FIN7O2. The Bertz CT molecular complexity index is 1480. The Hall–Kier alpha value is -3.06. The van der Waals surface area contributed by atoms with Gasteiger partial charge in [-0.25, -0.2) is 9.97 Å². The van der Waals surface area contributed by atoms with Crippen molar-refractivity contribution >= 4 is 45.5 Å². The van der Waals surface area contributed by atoms with Gasteiger partial charge in [0.1, 0.15) is 3.70 Å². The van der Waals surface area contributed by atoms with Gasteiger partial charge in [0, 0.05) is 55.5 Å². The SMILES string of the molecule is Cc1nc(F)c(C(=O)N(C)c2cnn(C(C)(C)C)c2I)cc1-c1cc(N2CCOCC2)c2nccn2c1. The topological polar surface area (TPSA) is 80.8 Å². The number of hydrogen-bond donors (Lipinski definition) is 0. The Kier molecular flexibility index (Phi) is 6.69. The molecule has 5 heterocycles. The van der Waals surface area contributed by atoms with Crippen LogP contribution in [0.4, 0.5) is 15.8 Å². The minimum Gasteiger partial charge on any atom is -0.378 e. The maximum absolute atomic E-state index is 15.1. The quantitative estimate of drug-likeness (QED) is 0.248. The van der Waals surface area contributed by atoms with E-state index in [1.54, 1.807) is 32.4 Å². The first-order chi connectivity index (χ1) is 17.6. The van der Waals surface area contributed by atoms with E-state index in [-0.39, 0.29) is 11.1 Å². The first-order valence-corrected chi connectivity index (χ1v) is 13.1. The lowest BCUT2D eigenvalue weighted by atomic mass is 10.0. The summed E-state index contributed by atoms with van der Waals surface area (Å²) in [5, 5.41) is 4.45. The second-order valence-corrected chi connectivity index (χ2v) is 11.1. The Labute approximate surface area is 228 Å². The summed E-state index contributed by atoms with van der Waals surface area (Å²) in [5.74, 6) is -1.29. The summed E-state index contributed by atoms with van der Waals surface area (Å²) >= 11 is 2.17. The number of morpholine rings is 1. The number of pyridine rings is 2. The molecule has 0 aromatic carbocycles. The third kappa shape index (κ3) is 4.70. The maximum atomic E-state index is 15.1. The summed E-state index contributed by atoms with van der Waals surface area (Å²) < 4.78 is 25.2. The number of nitrogens with zero attached hydrogens (tertiary/aromatic N) is 7.